The second-order valence-corrected chi connectivity index (χ2v) is 5.43. The van der Waals surface area contributed by atoms with Crippen LogP contribution < -0.4 is 5.56 Å². The van der Waals surface area contributed by atoms with Crippen LogP contribution in [-0.4, -0.2) is 15.0 Å². The Bertz CT molecular complexity index is 973. The van der Waals surface area contributed by atoms with Crippen molar-refractivity contribution in [2.75, 3.05) is 0 Å². The molecule has 0 saturated heterocycles. The summed E-state index contributed by atoms with van der Waals surface area (Å²) in [5.41, 5.74) is 2.44. The van der Waals surface area contributed by atoms with Crippen molar-refractivity contribution < 1.29 is 0 Å². The molecule has 0 aliphatic heterocycles. The molecule has 0 amide bonds. The van der Waals surface area contributed by atoms with Crippen molar-refractivity contribution in [2.24, 2.45) is 0 Å². The molecule has 20 heavy (non-hydrogen) atoms. The second kappa shape index (κ2) is 4.25. The van der Waals surface area contributed by atoms with Crippen molar-refractivity contribution >= 4 is 32.6 Å². The highest BCUT2D eigenvalue weighted by Gasteiger charge is 2.10. The summed E-state index contributed by atoms with van der Waals surface area (Å²) < 4.78 is 0. The maximum Gasteiger partial charge on any atom is 0.248 e. The van der Waals surface area contributed by atoms with Crippen molar-refractivity contribution in [1.29, 1.82) is 0 Å². The maximum atomic E-state index is 11.5. The number of nitrogens with one attached hydrogen (secondary N) is 1. The van der Waals surface area contributed by atoms with Crippen LogP contribution in [0, 0.1) is 0 Å². The predicted molar refractivity (Wildman–Crippen MR) is 81.0 cm³/mol. The van der Waals surface area contributed by atoms with Crippen molar-refractivity contribution in [3.63, 3.8) is 0 Å². The number of pyridine rings is 2. The summed E-state index contributed by atoms with van der Waals surface area (Å²) in [7, 11) is 0. The zero-order chi connectivity index (χ0) is 13.5. The Morgan fingerprint density at radius 1 is 1.05 bits per heavy atom. The number of thiazole rings is 1. The molecule has 0 unspecified atom stereocenters. The molecular weight excluding hydrogens is 270 g/mol. The highest BCUT2D eigenvalue weighted by atomic mass is 32.1. The fourth-order valence-corrected chi connectivity index (χ4v) is 3.11. The van der Waals surface area contributed by atoms with Gasteiger partial charge < -0.3 is 4.98 Å². The van der Waals surface area contributed by atoms with Crippen LogP contribution in [0.2, 0.25) is 0 Å². The third-order valence-electron chi connectivity index (χ3n) is 3.14. The van der Waals surface area contributed by atoms with Crippen molar-refractivity contribution in [3.05, 3.63) is 59.0 Å². The van der Waals surface area contributed by atoms with Gasteiger partial charge in [0, 0.05) is 23.2 Å². The van der Waals surface area contributed by atoms with Gasteiger partial charge in [-0.15, -0.1) is 0 Å². The Morgan fingerprint density at radius 2 is 1.90 bits per heavy atom. The quantitative estimate of drug-likeness (QED) is 0.582. The van der Waals surface area contributed by atoms with Crippen LogP contribution in [0.25, 0.3) is 31.8 Å². The molecule has 96 valence electrons. The van der Waals surface area contributed by atoms with E-state index >= 15 is 0 Å². The van der Waals surface area contributed by atoms with E-state index in [1.807, 2.05) is 30.3 Å². The number of benzene rings is 1. The van der Waals surface area contributed by atoms with Crippen LogP contribution in [0.5, 0.6) is 0 Å². The summed E-state index contributed by atoms with van der Waals surface area (Å²) in [4.78, 5) is 24.2. The van der Waals surface area contributed by atoms with Crippen molar-refractivity contribution in [2.45, 2.75) is 0 Å². The Labute approximate surface area is 117 Å². The molecule has 0 spiro atoms. The van der Waals surface area contributed by atoms with E-state index in [1.54, 1.807) is 12.3 Å². The van der Waals surface area contributed by atoms with Gasteiger partial charge in [0.05, 0.1) is 5.52 Å². The van der Waals surface area contributed by atoms with Gasteiger partial charge >= 0.3 is 0 Å². The normalized spacial score (nSPS) is 11.2. The lowest BCUT2D eigenvalue weighted by atomic mass is 10.2. The van der Waals surface area contributed by atoms with Crippen LogP contribution in [0.4, 0.5) is 0 Å². The van der Waals surface area contributed by atoms with Gasteiger partial charge in [0.2, 0.25) is 5.56 Å². The van der Waals surface area contributed by atoms with E-state index in [1.165, 1.54) is 17.4 Å². The average molecular weight is 279 g/mol. The van der Waals surface area contributed by atoms with Crippen LogP contribution in [0.3, 0.4) is 0 Å². The number of aromatic amines is 1. The summed E-state index contributed by atoms with van der Waals surface area (Å²) in [6, 6.07) is 13.2. The van der Waals surface area contributed by atoms with Gasteiger partial charge in [0.15, 0.2) is 0 Å². The molecule has 0 aliphatic carbocycles. The lowest BCUT2D eigenvalue weighted by Gasteiger charge is -1.96. The summed E-state index contributed by atoms with van der Waals surface area (Å²) in [6.45, 7) is 0. The average Bonchev–Trinajstić information content (AvgIpc) is 2.93. The van der Waals surface area contributed by atoms with Crippen LogP contribution in [-0.2, 0) is 0 Å². The van der Waals surface area contributed by atoms with E-state index in [-0.39, 0.29) is 5.56 Å². The third-order valence-corrected chi connectivity index (χ3v) is 4.15. The van der Waals surface area contributed by atoms with Gasteiger partial charge in [0.1, 0.15) is 15.4 Å². The highest BCUT2D eigenvalue weighted by molar-refractivity contribution is 7.21. The van der Waals surface area contributed by atoms with Gasteiger partial charge in [-0.2, -0.15) is 0 Å². The molecule has 0 radical (unpaired) electrons. The minimum absolute atomic E-state index is 0.126. The number of fused-ring (bicyclic) bond motifs is 3. The zero-order valence-corrected chi connectivity index (χ0v) is 11.1. The Morgan fingerprint density at radius 3 is 2.75 bits per heavy atom. The molecule has 3 heterocycles. The summed E-state index contributed by atoms with van der Waals surface area (Å²) in [5.74, 6) is 0. The predicted octanol–water partition coefficient (Wildman–Crippen LogP) is 3.20. The van der Waals surface area contributed by atoms with E-state index < -0.39 is 0 Å². The monoisotopic (exact) mass is 279 g/mol. The Kier molecular flexibility index (Phi) is 2.40. The van der Waals surface area contributed by atoms with Gasteiger partial charge in [-0.3, -0.25) is 4.79 Å². The molecule has 0 saturated carbocycles. The van der Waals surface area contributed by atoms with Crippen LogP contribution in [0.15, 0.2) is 53.5 Å². The van der Waals surface area contributed by atoms with Gasteiger partial charge in [0.25, 0.3) is 0 Å². The topological polar surface area (TPSA) is 58.6 Å². The number of H-pyrrole nitrogens is 1. The molecule has 0 bridgehead atoms. The first kappa shape index (κ1) is 11.3. The largest absolute Gasteiger partial charge is 0.320 e. The molecule has 1 N–H and O–H groups in total. The van der Waals surface area contributed by atoms with Gasteiger partial charge in [-0.25, -0.2) is 9.97 Å². The van der Waals surface area contributed by atoms with E-state index in [4.69, 9.17) is 0 Å². The second-order valence-electron chi connectivity index (χ2n) is 4.45. The summed E-state index contributed by atoms with van der Waals surface area (Å²) >= 11 is 1.53. The SMILES string of the molecule is O=c1ccc2cnc3sc(-c4ccccc4)nc3c2[nH]1. The summed E-state index contributed by atoms with van der Waals surface area (Å²) in [6.07, 6.45) is 1.76. The first-order valence-corrected chi connectivity index (χ1v) is 6.97. The Hall–Kier alpha value is -2.53. The van der Waals surface area contributed by atoms with E-state index in [2.05, 4.69) is 15.0 Å². The fourth-order valence-electron chi connectivity index (χ4n) is 2.18. The Balaban J connectivity index is 2.06. The molecule has 0 aliphatic rings. The number of nitrogens with zero attached hydrogens (tertiary/aromatic N) is 2. The number of aromatic nitrogens is 3. The zero-order valence-electron chi connectivity index (χ0n) is 10.3. The molecule has 0 fully saturated rings. The molecule has 3 aromatic heterocycles. The minimum atomic E-state index is -0.126. The molecule has 5 heteroatoms. The van der Waals surface area contributed by atoms with E-state index in [0.29, 0.717) is 0 Å². The number of rotatable bonds is 1. The maximum absolute atomic E-state index is 11.5. The molecule has 4 rings (SSSR count). The number of hydrogen-bond donors (Lipinski definition) is 1. The third kappa shape index (κ3) is 1.71. The molecule has 1 aromatic carbocycles. The number of hydrogen-bond acceptors (Lipinski definition) is 4. The van der Waals surface area contributed by atoms with E-state index in [0.717, 1.165) is 31.8 Å². The minimum Gasteiger partial charge on any atom is -0.320 e. The van der Waals surface area contributed by atoms with Crippen LogP contribution >= 0.6 is 11.3 Å². The lowest BCUT2D eigenvalue weighted by Crippen LogP contribution is -2.02. The standard InChI is InChI=1S/C15H9N3OS/c19-11-7-6-10-8-16-15-13(12(10)17-11)18-14(20-15)9-4-2-1-3-5-9/h1-8H,(H,17,19). The van der Waals surface area contributed by atoms with Crippen molar-refractivity contribution in [1.82, 2.24) is 15.0 Å². The first-order chi connectivity index (χ1) is 9.81. The lowest BCUT2D eigenvalue weighted by molar-refractivity contribution is 1.30. The van der Waals surface area contributed by atoms with Gasteiger partial charge in [-0.1, -0.05) is 41.7 Å². The summed E-state index contributed by atoms with van der Waals surface area (Å²) in [5, 5.41) is 1.80. The van der Waals surface area contributed by atoms with E-state index in [9.17, 15) is 4.79 Å². The fraction of sp³-hybridized carbons (Fsp3) is 0. The highest BCUT2D eigenvalue weighted by Crippen LogP contribution is 2.31. The molecule has 4 nitrogen and oxygen atoms in total. The molecule has 0 atom stereocenters. The smallest absolute Gasteiger partial charge is 0.248 e. The van der Waals surface area contributed by atoms with Gasteiger partial charge in [-0.05, 0) is 6.07 Å². The molecular formula is C15H9N3OS. The molecule has 4 aromatic rings. The van der Waals surface area contributed by atoms with Crippen LogP contribution in [0.1, 0.15) is 0 Å². The first-order valence-electron chi connectivity index (χ1n) is 6.15. The van der Waals surface area contributed by atoms with Crippen molar-refractivity contribution in [3.8, 4) is 10.6 Å².